The van der Waals surface area contributed by atoms with Gasteiger partial charge in [0.1, 0.15) is 11.6 Å². The van der Waals surface area contributed by atoms with Gasteiger partial charge < -0.3 is 9.72 Å². The fourth-order valence-corrected chi connectivity index (χ4v) is 2.50. The Kier molecular flexibility index (Phi) is 3.03. The number of aromatic amines is 1. The van der Waals surface area contributed by atoms with E-state index in [2.05, 4.69) is 38.9 Å². The number of hydrogen-bond donors (Lipinski definition) is 1. The number of ether oxygens (including phenoxy) is 1. The third-order valence-electron chi connectivity index (χ3n) is 3.13. The first-order chi connectivity index (χ1) is 9.19. The predicted octanol–water partition coefficient (Wildman–Crippen LogP) is 4.31. The summed E-state index contributed by atoms with van der Waals surface area (Å²) in [5.74, 6) is 1.62. The first kappa shape index (κ1) is 12.2. The van der Waals surface area contributed by atoms with Crippen LogP contribution in [-0.4, -0.2) is 17.1 Å². The second kappa shape index (κ2) is 4.70. The highest BCUT2D eigenvalue weighted by Crippen LogP contribution is 2.32. The SMILES string of the molecule is COc1cc(Br)ccc1-c1nc2c(C)cccc2[nH]1. The van der Waals surface area contributed by atoms with Gasteiger partial charge in [-0.2, -0.15) is 0 Å². The molecule has 1 heterocycles. The third kappa shape index (κ3) is 2.12. The van der Waals surface area contributed by atoms with E-state index in [-0.39, 0.29) is 0 Å². The molecule has 0 atom stereocenters. The maximum absolute atomic E-state index is 5.42. The molecule has 4 heteroatoms. The number of halogens is 1. The maximum atomic E-state index is 5.42. The van der Waals surface area contributed by atoms with Gasteiger partial charge in [-0.25, -0.2) is 4.98 Å². The fourth-order valence-electron chi connectivity index (χ4n) is 2.16. The normalized spacial score (nSPS) is 10.9. The first-order valence-corrected chi connectivity index (χ1v) is 6.77. The highest BCUT2D eigenvalue weighted by molar-refractivity contribution is 9.10. The molecular formula is C15H13BrN2O. The van der Waals surface area contributed by atoms with Crippen molar-refractivity contribution in [1.82, 2.24) is 9.97 Å². The van der Waals surface area contributed by atoms with Crippen LogP contribution in [0.2, 0.25) is 0 Å². The lowest BCUT2D eigenvalue weighted by molar-refractivity contribution is 0.416. The van der Waals surface area contributed by atoms with Crippen LogP contribution in [-0.2, 0) is 0 Å². The predicted molar refractivity (Wildman–Crippen MR) is 80.5 cm³/mol. The van der Waals surface area contributed by atoms with E-state index in [4.69, 9.17) is 4.74 Å². The molecule has 3 nitrogen and oxygen atoms in total. The minimum absolute atomic E-state index is 0.797. The number of benzene rings is 2. The summed E-state index contributed by atoms with van der Waals surface area (Å²) in [6, 6.07) is 12.0. The highest BCUT2D eigenvalue weighted by Gasteiger charge is 2.11. The van der Waals surface area contributed by atoms with Crippen molar-refractivity contribution >= 4 is 27.0 Å². The summed E-state index contributed by atoms with van der Waals surface area (Å²) in [4.78, 5) is 8.01. The molecule has 0 aliphatic carbocycles. The van der Waals surface area contributed by atoms with Gasteiger partial charge in [-0.1, -0.05) is 28.1 Å². The molecule has 0 spiro atoms. The summed E-state index contributed by atoms with van der Waals surface area (Å²) in [6.45, 7) is 2.06. The summed E-state index contributed by atoms with van der Waals surface area (Å²) < 4.78 is 6.40. The third-order valence-corrected chi connectivity index (χ3v) is 3.63. The number of H-pyrrole nitrogens is 1. The summed E-state index contributed by atoms with van der Waals surface area (Å²) in [5, 5.41) is 0. The van der Waals surface area contributed by atoms with Crippen molar-refractivity contribution < 1.29 is 4.74 Å². The van der Waals surface area contributed by atoms with E-state index in [0.29, 0.717) is 0 Å². The molecule has 3 aromatic rings. The molecule has 0 unspecified atom stereocenters. The quantitative estimate of drug-likeness (QED) is 0.765. The average Bonchev–Trinajstić information content (AvgIpc) is 2.83. The Morgan fingerprint density at radius 2 is 2.05 bits per heavy atom. The molecule has 1 aromatic heterocycles. The summed E-state index contributed by atoms with van der Waals surface area (Å²) in [7, 11) is 1.67. The van der Waals surface area contributed by atoms with Crippen LogP contribution >= 0.6 is 15.9 Å². The number of nitrogens with zero attached hydrogens (tertiary/aromatic N) is 1. The molecule has 3 rings (SSSR count). The molecule has 2 aromatic carbocycles. The number of rotatable bonds is 2. The van der Waals surface area contributed by atoms with Crippen LogP contribution in [0.15, 0.2) is 40.9 Å². The lowest BCUT2D eigenvalue weighted by Gasteiger charge is -2.06. The van der Waals surface area contributed by atoms with Gasteiger partial charge in [0.15, 0.2) is 0 Å². The van der Waals surface area contributed by atoms with Gasteiger partial charge in [-0.05, 0) is 36.8 Å². The van der Waals surface area contributed by atoms with Gasteiger partial charge in [0, 0.05) is 4.47 Å². The molecule has 0 aliphatic rings. The van der Waals surface area contributed by atoms with Crippen LogP contribution in [0.25, 0.3) is 22.4 Å². The van der Waals surface area contributed by atoms with Gasteiger partial charge in [0.25, 0.3) is 0 Å². The standard InChI is InChI=1S/C15H13BrN2O/c1-9-4-3-5-12-14(9)18-15(17-12)11-7-6-10(16)8-13(11)19-2/h3-8H,1-2H3,(H,17,18). The molecule has 0 fully saturated rings. The molecule has 0 amide bonds. The Morgan fingerprint density at radius 1 is 1.21 bits per heavy atom. The topological polar surface area (TPSA) is 37.9 Å². The van der Waals surface area contributed by atoms with Gasteiger partial charge in [-0.3, -0.25) is 0 Å². The minimum Gasteiger partial charge on any atom is -0.496 e. The van der Waals surface area contributed by atoms with E-state index in [0.717, 1.165) is 38.2 Å². The van der Waals surface area contributed by atoms with Gasteiger partial charge in [0.05, 0.1) is 23.7 Å². The zero-order chi connectivity index (χ0) is 13.4. The highest BCUT2D eigenvalue weighted by atomic mass is 79.9. The summed E-state index contributed by atoms with van der Waals surface area (Å²) >= 11 is 3.45. The van der Waals surface area contributed by atoms with E-state index in [1.165, 1.54) is 0 Å². The van der Waals surface area contributed by atoms with Crippen LogP contribution in [0.1, 0.15) is 5.56 Å². The molecular weight excluding hydrogens is 304 g/mol. The van der Waals surface area contributed by atoms with E-state index in [1.54, 1.807) is 7.11 Å². The second-order valence-electron chi connectivity index (χ2n) is 4.40. The van der Waals surface area contributed by atoms with Crippen molar-refractivity contribution in [1.29, 1.82) is 0 Å². The van der Waals surface area contributed by atoms with Gasteiger partial charge in [0.2, 0.25) is 0 Å². The van der Waals surface area contributed by atoms with Gasteiger partial charge >= 0.3 is 0 Å². The number of para-hydroxylation sites is 1. The molecule has 0 radical (unpaired) electrons. The largest absolute Gasteiger partial charge is 0.496 e. The molecule has 0 saturated heterocycles. The van der Waals surface area contributed by atoms with Crippen molar-refractivity contribution in [3.8, 4) is 17.1 Å². The van der Waals surface area contributed by atoms with Crippen molar-refractivity contribution in [2.75, 3.05) is 7.11 Å². The van der Waals surface area contributed by atoms with Gasteiger partial charge in [-0.15, -0.1) is 0 Å². The van der Waals surface area contributed by atoms with Crippen LogP contribution in [0.4, 0.5) is 0 Å². The molecule has 0 bridgehead atoms. The second-order valence-corrected chi connectivity index (χ2v) is 5.32. The number of imidazole rings is 1. The Balaban J connectivity index is 2.22. The lowest BCUT2D eigenvalue weighted by atomic mass is 10.2. The Morgan fingerprint density at radius 3 is 2.79 bits per heavy atom. The zero-order valence-corrected chi connectivity index (χ0v) is 12.3. The van der Waals surface area contributed by atoms with Crippen LogP contribution < -0.4 is 4.74 Å². The van der Waals surface area contributed by atoms with E-state index < -0.39 is 0 Å². The summed E-state index contributed by atoms with van der Waals surface area (Å²) in [6.07, 6.45) is 0. The minimum atomic E-state index is 0.797. The zero-order valence-electron chi connectivity index (χ0n) is 10.7. The van der Waals surface area contributed by atoms with Crippen LogP contribution in [0.3, 0.4) is 0 Å². The number of aryl methyl sites for hydroxylation is 1. The Hall–Kier alpha value is -1.81. The van der Waals surface area contributed by atoms with Crippen molar-refractivity contribution in [2.45, 2.75) is 6.92 Å². The monoisotopic (exact) mass is 316 g/mol. The maximum Gasteiger partial charge on any atom is 0.142 e. The van der Waals surface area contributed by atoms with Crippen LogP contribution in [0.5, 0.6) is 5.75 Å². The molecule has 0 saturated carbocycles. The Labute approximate surface area is 119 Å². The van der Waals surface area contributed by atoms with Crippen molar-refractivity contribution in [3.05, 3.63) is 46.4 Å². The molecule has 19 heavy (non-hydrogen) atoms. The Bertz CT molecular complexity index is 749. The molecule has 0 aliphatic heterocycles. The van der Waals surface area contributed by atoms with Crippen molar-refractivity contribution in [2.24, 2.45) is 0 Å². The molecule has 1 N–H and O–H groups in total. The number of methoxy groups -OCH3 is 1. The number of nitrogens with one attached hydrogen (secondary N) is 1. The van der Waals surface area contributed by atoms with Crippen LogP contribution in [0, 0.1) is 6.92 Å². The van der Waals surface area contributed by atoms with Crippen molar-refractivity contribution in [3.63, 3.8) is 0 Å². The smallest absolute Gasteiger partial charge is 0.142 e. The van der Waals surface area contributed by atoms with E-state index in [1.807, 2.05) is 30.3 Å². The van der Waals surface area contributed by atoms with E-state index in [9.17, 15) is 0 Å². The first-order valence-electron chi connectivity index (χ1n) is 5.98. The average molecular weight is 317 g/mol. The molecule has 96 valence electrons. The summed E-state index contributed by atoms with van der Waals surface area (Å²) in [5.41, 5.74) is 4.17. The number of aromatic nitrogens is 2. The fraction of sp³-hybridized carbons (Fsp3) is 0.133. The number of hydrogen-bond acceptors (Lipinski definition) is 2. The van der Waals surface area contributed by atoms with E-state index >= 15 is 0 Å². The number of fused-ring (bicyclic) bond motifs is 1. The lowest BCUT2D eigenvalue weighted by Crippen LogP contribution is -1.89.